The van der Waals surface area contributed by atoms with Crippen LogP contribution in [-0.2, 0) is 26.0 Å². The number of nitrogens with one attached hydrogen (secondary N) is 1. The molecule has 0 saturated carbocycles. The Morgan fingerprint density at radius 2 is 2.00 bits per heavy atom. The standard InChI is InChI=1S/C13H19N3O5S/c1-10-9-11(21-15-10)5-6-14-22(19,20)8-7-16-12(17)3-2-4-13(16)18/h9,14H,2-8H2,1H3. The van der Waals surface area contributed by atoms with Crippen molar-refractivity contribution in [3.05, 3.63) is 17.5 Å². The topological polar surface area (TPSA) is 110 Å². The first-order valence-electron chi connectivity index (χ1n) is 7.10. The largest absolute Gasteiger partial charge is 0.361 e. The number of aromatic nitrogens is 1. The van der Waals surface area contributed by atoms with Gasteiger partial charge in [-0.2, -0.15) is 0 Å². The molecule has 1 fully saturated rings. The molecule has 0 spiro atoms. The lowest BCUT2D eigenvalue weighted by Gasteiger charge is -2.24. The Labute approximate surface area is 128 Å². The molecule has 0 radical (unpaired) electrons. The summed E-state index contributed by atoms with van der Waals surface area (Å²) in [6, 6.07) is 1.74. The Morgan fingerprint density at radius 1 is 1.32 bits per heavy atom. The fraction of sp³-hybridized carbons (Fsp3) is 0.615. The van der Waals surface area contributed by atoms with Crippen LogP contribution in [0.15, 0.2) is 10.6 Å². The molecule has 2 amide bonds. The number of hydrogen-bond donors (Lipinski definition) is 1. The molecule has 0 aliphatic carbocycles. The molecule has 22 heavy (non-hydrogen) atoms. The Hall–Kier alpha value is -1.74. The van der Waals surface area contributed by atoms with Crippen molar-refractivity contribution in [2.75, 3.05) is 18.8 Å². The van der Waals surface area contributed by atoms with E-state index in [1.54, 1.807) is 13.0 Å². The molecule has 1 aliphatic rings. The lowest BCUT2D eigenvalue weighted by Crippen LogP contribution is -2.44. The summed E-state index contributed by atoms with van der Waals surface area (Å²) in [5, 5.41) is 3.71. The average Bonchev–Trinajstić information content (AvgIpc) is 2.83. The molecule has 0 unspecified atom stereocenters. The lowest BCUT2D eigenvalue weighted by molar-refractivity contribution is -0.147. The fourth-order valence-corrected chi connectivity index (χ4v) is 3.18. The van der Waals surface area contributed by atoms with Crippen molar-refractivity contribution < 1.29 is 22.5 Å². The van der Waals surface area contributed by atoms with Crippen molar-refractivity contribution in [2.45, 2.75) is 32.6 Å². The van der Waals surface area contributed by atoms with E-state index in [2.05, 4.69) is 9.88 Å². The molecule has 2 rings (SSSR count). The zero-order valence-corrected chi connectivity index (χ0v) is 13.2. The Kier molecular flexibility index (Phi) is 5.30. The lowest BCUT2D eigenvalue weighted by atomic mass is 10.1. The highest BCUT2D eigenvalue weighted by Gasteiger charge is 2.27. The van der Waals surface area contributed by atoms with Crippen molar-refractivity contribution in [2.24, 2.45) is 0 Å². The summed E-state index contributed by atoms with van der Waals surface area (Å²) in [7, 11) is -3.55. The minimum Gasteiger partial charge on any atom is -0.361 e. The molecule has 0 aromatic carbocycles. The molecule has 1 aliphatic heterocycles. The van der Waals surface area contributed by atoms with E-state index in [1.165, 1.54) is 0 Å². The minimum absolute atomic E-state index is 0.103. The molecule has 9 heteroatoms. The van der Waals surface area contributed by atoms with Crippen LogP contribution in [-0.4, -0.2) is 49.1 Å². The smallest absolute Gasteiger partial charge is 0.229 e. The van der Waals surface area contributed by atoms with Gasteiger partial charge in [0.05, 0.1) is 11.4 Å². The van der Waals surface area contributed by atoms with Gasteiger partial charge in [0.2, 0.25) is 21.8 Å². The summed E-state index contributed by atoms with van der Waals surface area (Å²) in [4.78, 5) is 24.2. The van der Waals surface area contributed by atoms with E-state index < -0.39 is 10.0 Å². The van der Waals surface area contributed by atoms with Crippen molar-refractivity contribution in [3.63, 3.8) is 0 Å². The monoisotopic (exact) mass is 329 g/mol. The third-order valence-electron chi connectivity index (χ3n) is 3.34. The Balaban J connectivity index is 1.78. The van der Waals surface area contributed by atoms with E-state index in [-0.39, 0.29) is 30.7 Å². The number of carbonyl (C=O) groups is 2. The van der Waals surface area contributed by atoms with Crippen LogP contribution in [0.1, 0.15) is 30.7 Å². The van der Waals surface area contributed by atoms with E-state index in [0.29, 0.717) is 31.4 Å². The summed E-state index contributed by atoms with van der Waals surface area (Å²) < 4.78 is 31.2. The van der Waals surface area contributed by atoms with Crippen LogP contribution >= 0.6 is 0 Å². The maximum atomic E-state index is 11.9. The van der Waals surface area contributed by atoms with Gasteiger partial charge in [0, 0.05) is 38.4 Å². The predicted octanol–water partition coefficient (Wildman–Crippen LogP) is -0.0160. The van der Waals surface area contributed by atoms with Crippen molar-refractivity contribution in [1.29, 1.82) is 0 Å². The predicted molar refractivity (Wildman–Crippen MR) is 77.3 cm³/mol. The first-order chi connectivity index (χ1) is 10.4. The zero-order chi connectivity index (χ0) is 16.2. The number of carbonyl (C=O) groups excluding carboxylic acids is 2. The molecule has 1 saturated heterocycles. The molecule has 122 valence electrons. The molecular formula is C13H19N3O5S. The van der Waals surface area contributed by atoms with E-state index in [1.807, 2.05) is 0 Å². The summed E-state index contributed by atoms with van der Waals surface area (Å²) in [6.45, 7) is 1.86. The average molecular weight is 329 g/mol. The van der Waals surface area contributed by atoms with Gasteiger partial charge < -0.3 is 4.52 Å². The molecule has 2 heterocycles. The van der Waals surface area contributed by atoms with Gasteiger partial charge in [0.15, 0.2) is 0 Å². The zero-order valence-electron chi connectivity index (χ0n) is 12.4. The van der Waals surface area contributed by atoms with Crippen LogP contribution in [0.2, 0.25) is 0 Å². The number of piperidine rings is 1. The normalized spacial score (nSPS) is 16.3. The summed E-state index contributed by atoms with van der Waals surface area (Å²) in [5.41, 5.74) is 0.736. The summed E-state index contributed by atoms with van der Waals surface area (Å²) in [5.74, 6) is -0.298. The number of likely N-dealkylation sites (tertiary alicyclic amines) is 1. The fourth-order valence-electron chi connectivity index (χ4n) is 2.20. The van der Waals surface area contributed by atoms with Gasteiger partial charge >= 0.3 is 0 Å². The first kappa shape index (κ1) is 16.6. The van der Waals surface area contributed by atoms with Gasteiger partial charge in [0.1, 0.15) is 5.76 Å². The molecule has 1 N–H and O–H groups in total. The van der Waals surface area contributed by atoms with Crippen LogP contribution in [0.4, 0.5) is 0 Å². The van der Waals surface area contributed by atoms with Crippen molar-refractivity contribution in [3.8, 4) is 0 Å². The first-order valence-corrected chi connectivity index (χ1v) is 8.75. The third-order valence-corrected chi connectivity index (χ3v) is 4.70. The highest BCUT2D eigenvalue weighted by molar-refractivity contribution is 7.89. The number of rotatable bonds is 7. The third kappa shape index (κ3) is 4.63. The van der Waals surface area contributed by atoms with Gasteiger partial charge in [-0.25, -0.2) is 13.1 Å². The highest BCUT2D eigenvalue weighted by Crippen LogP contribution is 2.12. The summed E-state index contributed by atoms with van der Waals surface area (Å²) in [6.07, 6.45) is 1.52. The molecule has 0 bridgehead atoms. The molecule has 1 aromatic heterocycles. The molecule has 8 nitrogen and oxygen atoms in total. The van der Waals surface area contributed by atoms with Gasteiger partial charge in [-0.3, -0.25) is 14.5 Å². The quantitative estimate of drug-likeness (QED) is 0.704. The van der Waals surface area contributed by atoms with Crippen molar-refractivity contribution >= 4 is 21.8 Å². The van der Waals surface area contributed by atoms with Crippen LogP contribution in [0.5, 0.6) is 0 Å². The SMILES string of the molecule is Cc1cc(CCNS(=O)(=O)CCN2C(=O)CCCC2=O)on1. The van der Waals surface area contributed by atoms with Crippen LogP contribution in [0, 0.1) is 6.92 Å². The maximum Gasteiger partial charge on any atom is 0.229 e. The number of hydrogen-bond acceptors (Lipinski definition) is 6. The number of nitrogens with zero attached hydrogens (tertiary/aromatic N) is 2. The van der Waals surface area contributed by atoms with Gasteiger partial charge in [0.25, 0.3) is 0 Å². The van der Waals surface area contributed by atoms with E-state index in [4.69, 9.17) is 4.52 Å². The van der Waals surface area contributed by atoms with Crippen LogP contribution < -0.4 is 4.72 Å². The van der Waals surface area contributed by atoms with Gasteiger partial charge in [-0.1, -0.05) is 5.16 Å². The summed E-state index contributed by atoms with van der Waals surface area (Å²) >= 11 is 0. The number of amides is 2. The Morgan fingerprint density at radius 3 is 2.59 bits per heavy atom. The minimum atomic E-state index is -3.55. The van der Waals surface area contributed by atoms with Crippen LogP contribution in [0.25, 0.3) is 0 Å². The van der Waals surface area contributed by atoms with Gasteiger partial charge in [-0.15, -0.1) is 0 Å². The van der Waals surface area contributed by atoms with Gasteiger partial charge in [-0.05, 0) is 13.3 Å². The van der Waals surface area contributed by atoms with Crippen molar-refractivity contribution in [1.82, 2.24) is 14.8 Å². The number of sulfonamides is 1. The molecule has 1 aromatic rings. The number of aryl methyl sites for hydroxylation is 1. The second kappa shape index (κ2) is 7.01. The highest BCUT2D eigenvalue weighted by atomic mass is 32.2. The number of imide groups is 1. The van der Waals surface area contributed by atoms with E-state index in [9.17, 15) is 18.0 Å². The maximum absolute atomic E-state index is 11.9. The Bertz CT molecular complexity index is 636. The van der Waals surface area contributed by atoms with E-state index in [0.717, 1.165) is 10.6 Å². The molecule has 0 atom stereocenters. The second-order valence-electron chi connectivity index (χ2n) is 5.19. The van der Waals surface area contributed by atoms with E-state index >= 15 is 0 Å². The second-order valence-corrected chi connectivity index (χ2v) is 7.12. The van der Waals surface area contributed by atoms with Crippen LogP contribution in [0.3, 0.4) is 0 Å². The molecular weight excluding hydrogens is 310 g/mol.